The van der Waals surface area contributed by atoms with Crippen LogP contribution in [0.1, 0.15) is 11.1 Å². The molecule has 0 aliphatic carbocycles. The number of nitrogens with zero attached hydrogens (tertiary/aromatic N) is 1. The molecule has 3 rings (SSSR count). The summed E-state index contributed by atoms with van der Waals surface area (Å²) in [4.78, 5) is 4.56. The molecule has 92 valence electrons. The third kappa shape index (κ3) is 2.55. The SMILES string of the molecule is Cc1ccccc1N=Cc1ccc2ccccc2c1. The molecule has 1 heteroatoms. The second-order valence-electron chi connectivity index (χ2n) is 4.65. The highest BCUT2D eigenvalue weighted by atomic mass is 14.7. The molecule has 3 aromatic carbocycles. The summed E-state index contributed by atoms with van der Waals surface area (Å²) in [6.07, 6.45) is 1.93. The zero-order valence-electron chi connectivity index (χ0n) is 10.9. The number of hydrogen-bond donors (Lipinski definition) is 0. The number of aryl methyl sites for hydroxylation is 1. The second-order valence-corrected chi connectivity index (χ2v) is 4.65. The van der Waals surface area contributed by atoms with Crippen LogP contribution in [-0.2, 0) is 0 Å². The third-order valence-corrected chi connectivity index (χ3v) is 3.24. The highest BCUT2D eigenvalue weighted by Crippen LogP contribution is 2.18. The van der Waals surface area contributed by atoms with Crippen molar-refractivity contribution in [2.45, 2.75) is 6.92 Å². The number of para-hydroxylation sites is 1. The van der Waals surface area contributed by atoms with E-state index in [4.69, 9.17) is 0 Å². The molecule has 0 heterocycles. The van der Waals surface area contributed by atoms with Crippen molar-refractivity contribution >= 4 is 22.7 Å². The summed E-state index contributed by atoms with van der Waals surface area (Å²) in [6, 6.07) is 22.9. The van der Waals surface area contributed by atoms with Crippen LogP contribution in [0.3, 0.4) is 0 Å². The summed E-state index contributed by atoms with van der Waals surface area (Å²) in [6.45, 7) is 2.08. The van der Waals surface area contributed by atoms with Crippen molar-refractivity contribution in [1.82, 2.24) is 0 Å². The van der Waals surface area contributed by atoms with Gasteiger partial charge in [0, 0.05) is 6.21 Å². The maximum absolute atomic E-state index is 4.56. The van der Waals surface area contributed by atoms with Gasteiger partial charge in [0.2, 0.25) is 0 Å². The molecule has 3 aromatic rings. The highest BCUT2D eigenvalue weighted by Gasteiger charge is 1.95. The molecule has 0 aliphatic rings. The maximum Gasteiger partial charge on any atom is 0.0659 e. The third-order valence-electron chi connectivity index (χ3n) is 3.24. The van der Waals surface area contributed by atoms with E-state index in [1.807, 2.05) is 24.4 Å². The molecule has 0 amide bonds. The van der Waals surface area contributed by atoms with Gasteiger partial charge in [-0.1, -0.05) is 54.6 Å². The Labute approximate surface area is 113 Å². The van der Waals surface area contributed by atoms with Gasteiger partial charge < -0.3 is 0 Å². The molecular formula is C18H15N. The number of rotatable bonds is 2. The predicted octanol–water partition coefficient (Wildman–Crippen LogP) is 4.90. The molecule has 0 radical (unpaired) electrons. The summed E-state index contributed by atoms with van der Waals surface area (Å²) >= 11 is 0. The maximum atomic E-state index is 4.56. The van der Waals surface area contributed by atoms with Gasteiger partial charge in [0.15, 0.2) is 0 Å². The van der Waals surface area contributed by atoms with Crippen LogP contribution in [0.15, 0.2) is 71.7 Å². The first kappa shape index (κ1) is 11.7. The van der Waals surface area contributed by atoms with E-state index in [9.17, 15) is 0 Å². The number of hydrogen-bond acceptors (Lipinski definition) is 1. The van der Waals surface area contributed by atoms with Gasteiger partial charge in [-0.2, -0.15) is 0 Å². The highest BCUT2D eigenvalue weighted by molar-refractivity contribution is 5.91. The van der Waals surface area contributed by atoms with Crippen LogP contribution < -0.4 is 0 Å². The molecule has 0 saturated carbocycles. The molecule has 0 spiro atoms. The fourth-order valence-electron chi connectivity index (χ4n) is 2.14. The van der Waals surface area contributed by atoms with E-state index in [0.717, 1.165) is 11.3 Å². The molecule has 0 atom stereocenters. The summed E-state index contributed by atoms with van der Waals surface area (Å²) in [7, 11) is 0. The average molecular weight is 245 g/mol. The average Bonchev–Trinajstić information content (AvgIpc) is 2.46. The molecule has 0 aliphatic heterocycles. The Hall–Kier alpha value is -2.41. The minimum Gasteiger partial charge on any atom is -0.256 e. The Morgan fingerprint density at radius 2 is 1.53 bits per heavy atom. The standard InChI is InChI=1S/C18H15N/c1-14-6-2-5-9-18(14)19-13-15-10-11-16-7-3-4-8-17(16)12-15/h2-13H,1H3. The van der Waals surface area contributed by atoms with Crippen LogP contribution in [0, 0.1) is 6.92 Å². The van der Waals surface area contributed by atoms with Crippen molar-refractivity contribution < 1.29 is 0 Å². The monoisotopic (exact) mass is 245 g/mol. The van der Waals surface area contributed by atoms with Crippen molar-refractivity contribution in [2.24, 2.45) is 4.99 Å². The van der Waals surface area contributed by atoms with Crippen molar-refractivity contribution in [1.29, 1.82) is 0 Å². The molecule has 0 unspecified atom stereocenters. The van der Waals surface area contributed by atoms with Gasteiger partial charge in [-0.25, -0.2) is 0 Å². The summed E-state index contributed by atoms with van der Waals surface area (Å²) < 4.78 is 0. The van der Waals surface area contributed by atoms with Crippen molar-refractivity contribution in [3.63, 3.8) is 0 Å². The lowest BCUT2D eigenvalue weighted by atomic mass is 10.1. The second kappa shape index (κ2) is 5.07. The van der Waals surface area contributed by atoms with E-state index >= 15 is 0 Å². The van der Waals surface area contributed by atoms with Gasteiger partial charge in [-0.15, -0.1) is 0 Å². The van der Waals surface area contributed by atoms with E-state index in [1.165, 1.54) is 16.3 Å². The molecule has 0 saturated heterocycles. The van der Waals surface area contributed by atoms with Crippen LogP contribution in [-0.4, -0.2) is 6.21 Å². The van der Waals surface area contributed by atoms with Crippen LogP contribution >= 0.6 is 0 Å². The van der Waals surface area contributed by atoms with Crippen molar-refractivity contribution in [3.8, 4) is 0 Å². The lowest BCUT2D eigenvalue weighted by molar-refractivity contribution is 1.40. The molecule has 0 aromatic heterocycles. The Morgan fingerprint density at radius 3 is 2.37 bits per heavy atom. The van der Waals surface area contributed by atoms with Crippen LogP contribution in [0.2, 0.25) is 0 Å². The number of aliphatic imine (C=N–C) groups is 1. The van der Waals surface area contributed by atoms with E-state index < -0.39 is 0 Å². The molecule has 19 heavy (non-hydrogen) atoms. The summed E-state index contributed by atoms with van der Waals surface area (Å²) in [5.41, 5.74) is 3.34. The zero-order chi connectivity index (χ0) is 13.1. The molecule has 0 bridgehead atoms. The lowest BCUT2D eigenvalue weighted by Crippen LogP contribution is -1.82. The zero-order valence-corrected chi connectivity index (χ0v) is 10.9. The van der Waals surface area contributed by atoms with Crippen molar-refractivity contribution in [3.05, 3.63) is 77.9 Å². The number of benzene rings is 3. The van der Waals surface area contributed by atoms with Crippen LogP contribution in [0.4, 0.5) is 5.69 Å². The Balaban J connectivity index is 1.95. The predicted molar refractivity (Wildman–Crippen MR) is 82.4 cm³/mol. The molecule has 1 nitrogen and oxygen atoms in total. The summed E-state index contributed by atoms with van der Waals surface area (Å²) in [5, 5.41) is 2.51. The molecular weight excluding hydrogens is 230 g/mol. The van der Waals surface area contributed by atoms with Gasteiger partial charge in [-0.05, 0) is 41.0 Å². The minimum atomic E-state index is 1.02. The van der Waals surface area contributed by atoms with E-state index in [-0.39, 0.29) is 0 Å². The van der Waals surface area contributed by atoms with Crippen LogP contribution in [0.25, 0.3) is 10.8 Å². The summed E-state index contributed by atoms with van der Waals surface area (Å²) in [5.74, 6) is 0. The van der Waals surface area contributed by atoms with Crippen LogP contribution in [0.5, 0.6) is 0 Å². The largest absolute Gasteiger partial charge is 0.256 e. The van der Waals surface area contributed by atoms with E-state index in [2.05, 4.69) is 60.4 Å². The normalized spacial score (nSPS) is 11.2. The van der Waals surface area contributed by atoms with Gasteiger partial charge >= 0.3 is 0 Å². The minimum absolute atomic E-state index is 1.02. The molecule has 0 N–H and O–H groups in total. The van der Waals surface area contributed by atoms with Crippen molar-refractivity contribution in [2.75, 3.05) is 0 Å². The number of fused-ring (bicyclic) bond motifs is 1. The van der Waals surface area contributed by atoms with Gasteiger partial charge in [-0.3, -0.25) is 4.99 Å². The smallest absolute Gasteiger partial charge is 0.0659 e. The fraction of sp³-hybridized carbons (Fsp3) is 0.0556. The first-order valence-electron chi connectivity index (χ1n) is 6.41. The van der Waals surface area contributed by atoms with E-state index in [1.54, 1.807) is 0 Å². The Kier molecular flexibility index (Phi) is 3.11. The Bertz CT molecular complexity index is 741. The fourth-order valence-corrected chi connectivity index (χ4v) is 2.14. The molecule has 0 fully saturated rings. The lowest BCUT2D eigenvalue weighted by Gasteiger charge is -2.00. The van der Waals surface area contributed by atoms with E-state index in [0.29, 0.717) is 0 Å². The first-order valence-corrected chi connectivity index (χ1v) is 6.41. The topological polar surface area (TPSA) is 12.4 Å². The quantitative estimate of drug-likeness (QED) is 0.569. The van der Waals surface area contributed by atoms with Gasteiger partial charge in [0.25, 0.3) is 0 Å². The van der Waals surface area contributed by atoms with Gasteiger partial charge in [0.1, 0.15) is 0 Å². The first-order chi connectivity index (χ1) is 9.33. The Morgan fingerprint density at radius 1 is 0.789 bits per heavy atom. The van der Waals surface area contributed by atoms with Gasteiger partial charge in [0.05, 0.1) is 5.69 Å².